The maximum atomic E-state index is 9.68. The summed E-state index contributed by atoms with van der Waals surface area (Å²) in [5.41, 5.74) is 0.855. The van der Waals surface area contributed by atoms with Gasteiger partial charge in [0.05, 0.1) is 20.6 Å². The van der Waals surface area contributed by atoms with Crippen molar-refractivity contribution in [1.82, 2.24) is 10.2 Å². The minimum absolute atomic E-state index is 0.299. The number of anilines is 1. The van der Waals surface area contributed by atoms with Crippen molar-refractivity contribution in [2.45, 2.75) is 10.9 Å². The second-order valence-corrected chi connectivity index (χ2v) is 6.98. The van der Waals surface area contributed by atoms with Crippen molar-refractivity contribution in [3.63, 3.8) is 0 Å². The first-order chi connectivity index (χ1) is 9.65. The maximum absolute atomic E-state index is 9.68. The van der Waals surface area contributed by atoms with Gasteiger partial charge in [0.15, 0.2) is 4.34 Å². The quantitative estimate of drug-likeness (QED) is 0.668. The molecule has 0 atom stereocenters. The standard InChI is InChI=1S/C13H18N4OS2/c1-17(2)7-8-19-13-16-15-12(20-13)14-9-10-5-3-4-6-11(10)18/h3-6,18H,7-9H2,1-2H3,(H,14,15)/p+1. The highest BCUT2D eigenvalue weighted by Gasteiger charge is 2.06. The highest BCUT2D eigenvalue weighted by molar-refractivity contribution is 8.01. The van der Waals surface area contributed by atoms with E-state index in [4.69, 9.17) is 0 Å². The molecule has 3 N–H and O–H groups in total. The fourth-order valence-corrected chi connectivity index (χ4v) is 3.49. The summed E-state index contributed by atoms with van der Waals surface area (Å²) in [6.45, 7) is 1.65. The normalized spacial score (nSPS) is 10.9. The van der Waals surface area contributed by atoms with E-state index >= 15 is 0 Å². The average molecular weight is 311 g/mol. The summed E-state index contributed by atoms with van der Waals surface area (Å²) in [5.74, 6) is 1.34. The molecule has 0 unspecified atom stereocenters. The first-order valence-electron chi connectivity index (χ1n) is 6.41. The van der Waals surface area contributed by atoms with Crippen LogP contribution in [0.4, 0.5) is 5.13 Å². The molecule has 0 radical (unpaired) electrons. The van der Waals surface area contributed by atoms with Gasteiger partial charge in [-0.05, 0) is 6.07 Å². The molecule has 7 heteroatoms. The Kier molecular flexibility index (Phi) is 5.63. The summed E-state index contributed by atoms with van der Waals surface area (Å²) in [6, 6.07) is 7.29. The van der Waals surface area contributed by atoms with Crippen LogP contribution in [-0.2, 0) is 6.54 Å². The number of hydrogen-bond donors (Lipinski definition) is 3. The zero-order valence-electron chi connectivity index (χ0n) is 11.6. The zero-order valence-corrected chi connectivity index (χ0v) is 13.2. The fraction of sp³-hybridized carbons (Fsp3) is 0.385. The molecule has 1 aromatic heterocycles. The van der Waals surface area contributed by atoms with Gasteiger partial charge in [0.25, 0.3) is 0 Å². The van der Waals surface area contributed by atoms with Gasteiger partial charge in [-0.15, -0.1) is 10.2 Å². The molecule has 1 heterocycles. The highest BCUT2D eigenvalue weighted by atomic mass is 32.2. The van der Waals surface area contributed by atoms with Crippen LogP contribution in [0.3, 0.4) is 0 Å². The summed E-state index contributed by atoms with van der Waals surface area (Å²) < 4.78 is 0.978. The lowest BCUT2D eigenvalue weighted by molar-refractivity contribution is -0.855. The lowest BCUT2D eigenvalue weighted by atomic mass is 10.2. The van der Waals surface area contributed by atoms with Crippen molar-refractivity contribution in [3.8, 4) is 5.75 Å². The van der Waals surface area contributed by atoms with Crippen LogP contribution in [-0.4, -0.2) is 41.7 Å². The number of aromatic hydroxyl groups is 1. The van der Waals surface area contributed by atoms with E-state index in [-0.39, 0.29) is 0 Å². The van der Waals surface area contributed by atoms with Gasteiger partial charge in [0.2, 0.25) is 5.13 Å². The molecule has 0 aliphatic rings. The van der Waals surface area contributed by atoms with E-state index in [0.717, 1.165) is 27.3 Å². The Morgan fingerprint density at radius 3 is 2.85 bits per heavy atom. The van der Waals surface area contributed by atoms with Gasteiger partial charge in [-0.25, -0.2) is 0 Å². The molecule has 0 aliphatic carbocycles. The van der Waals surface area contributed by atoms with Crippen LogP contribution < -0.4 is 10.2 Å². The number of phenols is 1. The number of aromatic nitrogens is 2. The van der Waals surface area contributed by atoms with Crippen LogP contribution in [0.25, 0.3) is 0 Å². The van der Waals surface area contributed by atoms with E-state index in [1.54, 1.807) is 29.2 Å². The Labute approximate surface area is 127 Å². The summed E-state index contributed by atoms with van der Waals surface area (Å²) >= 11 is 3.28. The number of quaternary nitrogens is 1. The Hall–Kier alpha value is -1.31. The zero-order chi connectivity index (χ0) is 14.4. The third-order valence-electron chi connectivity index (χ3n) is 2.66. The molecular formula is C13H19N4OS2+. The predicted octanol–water partition coefficient (Wildman–Crippen LogP) is 1.09. The highest BCUT2D eigenvalue weighted by Crippen LogP contribution is 2.26. The number of nitrogens with one attached hydrogen (secondary N) is 2. The Bertz CT molecular complexity index is 545. The van der Waals surface area contributed by atoms with Gasteiger partial charge in [-0.3, -0.25) is 0 Å². The van der Waals surface area contributed by atoms with Crippen LogP contribution in [0.15, 0.2) is 28.6 Å². The van der Waals surface area contributed by atoms with Crippen LogP contribution >= 0.6 is 23.1 Å². The molecule has 0 saturated carbocycles. The minimum Gasteiger partial charge on any atom is -0.508 e. The van der Waals surface area contributed by atoms with E-state index in [9.17, 15) is 5.11 Å². The van der Waals surface area contributed by atoms with Crippen LogP contribution in [0.5, 0.6) is 5.75 Å². The minimum atomic E-state index is 0.299. The molecule has 0 fully saturated rings. The average Bonchev–Trinajstić information content (AvgIpc) is 2.85. The van der Waals surface area contributed by atoms with Crippen LogP contribution in [0, 0.1) is 0 Å². The summed E-state index contributed by atoms with van der Waals surface area (Å²) in [5, 5.41) is 21.9. The lowest BCUT2D eigenvalue weighted by Crippen LogP contribution is -3.06. The van der Waals surface area contributed by atoms with E-state index in [2.05, 4.69) is 29.6 Å². The molecule has 2 aromatic rings. The summed E-state index contributed by atoms with van der Waals surface area (Å²) in [4.78, 5) is 1.43. The van der Waals surface area contributed by atoms with Crippen LogP contribution in [0.2, 0.25) is 0 Å². The SMILES string of the molecule is C[NH+](C)CCSc1nnc(NCc2ccccc2O)s1. The number of benzene rings is 1. The molecule has 2 rings (SSSR count). The third-order valence-corrected chi connectivity index (χ3v) is 4.67. The second kappa shape index (κ2) is 7.47. The predicted molar refractivity (Wildman–Crippen MR) is 83.7 cm³/mol. The topological polar surface area (TPSA) is 62.5 Å². The van der Waals surface area contributed by atoms with E-state index in [0.29, 0.717) is 12.3 Å². The second-order valence-electron chi connectivity index (χ2n) is 4.66. The first-order valence-corrected chi connectivity index (χ1v) is 8.21. The molecule has 1 aromatic carbocycles. The van der Waals surface area contributed by atoms with E-state index < -0.39 is 0 Å². The van der Waals surface area contributed by atoms with Crippen molar-refractivity contribution in [2.24, 2.45) is 0 Å². The third kappa shape index (κ3) is 4.66. The van der Waals surface area contributed by atoms with Gasteiger partial charge >= 0.3 is 0 Å². The Morgan fingerprint density at radius 2 is 2.10 bits per heavy atom. The number of rotatable bonds is 7. The molecular weight excluding hydrogens is 292 g/mol. The lowest BCUT2D eigenvalue weighted by Gasteiger charge is -2.04. The van der Waals surface area contributed by atoms with Gasteiger partial charge in [-0.2, -0.15) is 0 Å². The van der Waals surface area contributed by atoms with E-state index in [1.165, 1.54) is 4.90 Å². The molecule has 0 bridgehead atoms. The number of nitrogens with zero attached hydrogens (tertiary/aromatic N) is 2. The molecule has 0 saturated heterocycles. The largest absolute Gasteiger partial charge is 0.508 e. The molecule has 108 valence electrons. The van der Waals surface area contributed by atoms with Crippen molar-refractivity contribution in [1.29, 1.82) is 0 Å². The maximum Gasteiger partial charge on any atom is 0.206 e. The van der Waals surface area contributed by atoms with Gasteiger partial charge < -0.3 is 15.3 Å². The van der Waals surface area contributed by atoms with Crippen molar-refractivity contribution < 1.29 is 10.0 Å². The van der Waals surface area contributed by atoms with Gasteiger partial charge in [0.1, 0.15) is 5.75 Å². The number of para-hydroxylation sites is 1. The first kappa shape index (κ1) is 15.1. The van der Waals surface area contributed by atoms with Gasteiger partial charge in [0, 0.05) is 17.9 Å². The molecule has 20 heavy (non-hydrogen) atoms. The molecule has 0 amide bonds. The number of hydrogen-bond acceptors (Lipinski definition) is 6. The van der Waals surface area contributed by atoms with Gasteiger partial charge in [-0.1, -0.05) is 41.3 Å². The Morgan fingerprint density at radius 1 is 1.30 bits per heavy atom. The molecule has 0 aliphatic heterocycles. The summed E-state index contributed by atoms with van der Waals surface area (Å²) in [6.07, 6.45) is 0. The van der Waals surface area contributed by atoms with E-state index in [1.807, 2.05) is 18.2 Å². The fourth-order valence-electron chi connectivity index (χ4n) is 1.51. The Balaban J connectivity index is 1.82. The van der Waals surface area contributed by atoms with Crippen molar-refractivity contribution in [2.75, 3.05) is 31.7 Å². The smallest absolute Gasteiger partial charge is 0.206 e. The van der Waals surface area contributed by atoms with Crippen molar-refractivity contribution >= 4 is 28.2 Å². The number of thioether (sulfide) groups is 1. The molecule has 5 nitrogen and oxygen atoms in total. The monoisotopic (exact) mass is 311 g/mol. The van der Waals surface area contributed by atoms with Crippen LogP contribution in [0.1, 0.15) is 5.56 Å². The summed E-state index contributed by atoms with van der Waals surface area (Å²) in [7, 11) is 4.28. The van der Waals surface area contributed by atoms with Crippen molar-refractivity contribution in [3.05, 3.63) is 29.8 Å². The number of phenolic OH excluding ortho intramolecular Hbond substituents is 1. The molecule has 0 spiro atoms.